The maximum absolute atomic E-state index is 6.02. The molecule has 0 amide bonds. The molecule has 0 aliphatic carbocycles. The fourth-order valence-electron chi connectivity index (χ4n) is 2.42. The highest BCUT2D eigenvalue weighted by Crippen LogP contribution is 2.23. The number of nitrogens with zero attached hydrogens (tertiary/aromatic N) is 2. The van der Waals surface area contributed by atoms with E-state index in [1.54, 1.807) is 7.11 Å². The zero-order valence-corrected chi connectivity index (χ0v) is 17.5. The number of methoxy groups -OCH3 is 1. The third-order valence-electron chi connectivity index (χ3n) is 3.86. The van der Waals surface area contributed by atoms with Gasteiger partial charge in [0.15, 0.2) is 5.96 Å². The van der Waals surface area contributed by atoms with E-state index in [2.05, 4.69) is 28.2 Å². The smallest absolute Gasteiger partial charge is 0.193 e. The normalized spacial score (nSPS) is 12.4. The van der Waals surface area contributed by atoms with Gasteiger partial charge in [0, 0.05) is 5.69 Å². The quantitative estimate of drug-likeness (QED) is 0.398. The summed E-state index contributed by atoms with van der Waals surface area (Å²) in [5.74, 6) is 1.25. The van der Waals surface area contributed by atoms with Crippen molar-refractivity contribution in [3.05, 3.63) is 59.7 Å². The van der Waals surface area contributed by atoms with E-state index in [9.17, 15) is 0 Å². The Morgan fingerprint density at radius 3 is 2.48 bits per heavy atom. The topological polar surface area (TPSA) is 62.9 Å². The van der Waals surface area contributed by atoms with E-state index >= 15 is 0 Å². The Morgan fingerprint density at radius 1 is 1.20 bits per heavy atom. The van der Waals surface area contributed by atoms with Crippen molar-refractivity contribution in [3.8, 4) is 5.75 Å². The van der Waals surface area contributed by atoms with E-state index in [-0.39, 0.29) is 30.0 Å². The fourth-order valence-corrected chi connectivity index (χ4v) is 2.42. The Morgan fingerprint density at radius 2 is 1.88 bits per heavy atom. The molecule has 0 radical (unpaired) electrons. The number of nitrogens with two attached hydrogens (primary N) is 1. The Balaban J connectivity index is 0.00000312. The van der Waals surface area contributed by atoms with Crippen molar-refractivity contribution in [2.24, 2.45) is 10.7 Å². The second kappa shape index (κ2) is 10.2. The van der Waals surface area contributed by atoms with Gasteiger partial charge in [-0.3, -0.25) is 4.99 Å². The van der Waals surface area contributed by atoms with Gasteiger partial charge in [0.1, 0.15) is 5.75 Å². The lowest BCUT2D eigenvalue weighted by Gasteiger charge is -2.23. The number of hydrogen-bond donors (Lipinski definition) is 2. The summed E-state index contributed by atoms with van der Waals surface area (Å²) in [5.41, 5.74) is 9.31. The van der Waals surface area contributed by atoms with Crippen LogP contribution in [0.5, 0.6) is 5.75 Å². The lowest BCUT2D eigenvalue weighted by Crippen LogP contribution is -2.27. The molecule has 5 nitrogen and oxygen atoms in total. The first-order valence-corrected chi connectivity index (χ1v) is 7.93. The molecule has 25 heavy (non-hydrogen) atoms. The van der Waals surface area contributed by atoms with Crippen LogP contribution >= 0.6 is 24.0 Å². The zero-order valence-electron chi connectivity index (χ0n) is 15.2. The molecule has 2 rings (SSSR count). The summed E-state index contributed by atoms with van der Waals surface area (Å²) >= 11 is 0. The Bertz CT molecular complexity index is 686. The Kier molecular flexibility index (Phi) is 8.71. The lowest BCUT2D eigenvalue weighted by atomic mass is 10.1. The monoisotopic (exact) mass is 454 g/mol. The summed E-state index contributed by atoms with van der Waals surface area (Å²) in [5, 5.41) is 3.12. The summed E-state index contributed by atoms with van der Waals surface area (Å²) in [6.45, 7) is 2.61. The molecule has 2 aromatic rings. The van der Waals surface area contributed by atoms with Crippen LogP contribution in [0, 0.1) is 6.92 Å². The predicted molar refractivity (Wildman–Crippen MR) is 116 cm³/mol. The van der Waals surface area contributed by atoms with Gasteiger partial charge in [0.05, 0.1) is 19.7 Å². The number of halogens is 1. The van der Waals surface area contributed by atoms with Crippen LogP contribution in [-0.4, -0.2) is 38.6 Å². The van der Waals surface area contributed by atoms with Gasteiger partial charge in [0.25, 0.3) is 0 Å². The number of aryl methyl sites for hydroxylation is 1. The SMILES string of the molecule is COc1cccc(C(CN=C(N)Nc2ccc(C)cc2)N(C)C)c1.I. The van der Waals surface area contributed by atoms with Crippen molar-refractivity contribution in [1.82, 2.24) is 4.90 Å². The number of nitrogens with one attached hydrogen (secondary N) is 1. The van der Waals surface area contributed by atoms with E-state index in [1.807, 2.05) is 56.6 Å². The molecule has 0 fully saturated rings. The minimum atomic E-state index is 0. The predicted octanol–water partition coefficient (Wildman–Crippen LogP) is 3.65. The summed E-state index contributed by atoms with van der Waals surface area (Å²) in [6, 6.07) is 16.2. The molecule has 3 N–H and O–H groups in total. The standard InChI is InChI=1S/C19H26N4O.HI/c1-14-8-10-16(11-9-14)22-19(20)21-13-18(23(2)3)15-6-5-7-17(12-15)24-4;/h5-12,18H,13H2,1-4H3,(H3,20,21,22);1H. The van der Waals surface area contributed by atoms with E-state index in [0.29, 0.717) is 12.5 Å². The average molecular weight is 454 g/mol. The summed E-state index contributed by atoms with van der Waals surface area (Å²) < 4.78 is 5.31. The van der Waals surface area contributed by atoms with Gasteiger partial charge < -0.3 is 20.7 Å². The van der Waals surface area contributed by atoms with Crippen LogP contribution in [0.3, 0.4) is 0 Å². The molecular weight excluding hydrogens is 427 g/mol. The molecule has 0 saturated heterocycles. The third-order valence-corrected chi connectivity index (χ3v) is 3.86. The van der Waals surface area contributed by atoms with Crippen molar-refractivity contribution in [2.75, 3.05) is 33.1 Å². The van der Waals surface area contributed by atoms with Crippen molar-refractivity contribution in [2.45, 2.75) is 13.0 Å². The summed E-state index contributed by atoms with van der Waals surface area (Å²) in [7, 11) is 5.73. The fraction of sp³-hybridized carbons (Fsp3) is 0.316. The maximum atomic E-state index is 6.02. The first-order valence-electron chi connectivity index (χ1n) is 7.93. The van der Waals surface area contributed by atoms with E-state index in [4.69, 9.17) is 10.5 Å². The highest BCUT2D eigenvalue weighted by molar-refractivity contribution is 14.0. The van der Waals surface area contributed by atoms with E-state index < -0.39 is 0 Å². The molecule has 0 heterocycles. The summed E-state index contributed by atoms with van der Waals surface area (Å²) in [4.78, 5) is 6.62. The molecule has 1 unspecified atom stereocenters. The third kappa shape index (κ3) is 6.55. The number of aliphatic imine (C=N–C) groups is 1. The molecule has 136 valence electrons. The molecule has 0 aliphatic heterocycles. The second-order valence-electron chi connectivity index (χ2n) is 5.97. The molecule has 0 aromatic heterocycles. The molecule has 0 bridgehead atoms. The van der Waals surface area contributed by atoms with Gasteiger partial charge in [-0.05, 0) is 50.8 Å². The van der Waals surface area contributed by atoms with Gasteiger partial charge in [0.2, 0.25) is 0 Å². The Labute approximate surface area is 167 Å². The number of hydrogen-bond acceptors (Lipinski definition) is 3. The molecule has 0 saturated carbocycles. The van der Waals surface area contributed by atoms with Crippen LogP contribution in [-0.2, 0) is 0 Å². The number of benzene rings is 2. The van der Waals surface area contributed by atoms with E-state index in [0.717, 1.165) is 17.0 Å². The van der Waals surface area contributed by atoms with Gasteiger partial charge in [-0.15, -0.1) is 24.0 Å². The molecule has 0 aliphatic rings. The van der Waals surface area contributed by atoms with Gasteiger partial charge in [-0.1, -0.05) is 29.8 Å². The highest BCUT2D eigenvalue weighted by Gasteiger charge is 2.14. The molecule has 0 spiro atoms. The van der Waals surface area contributed by atoms with Crippen LogP contribution < -0.4 is 15.8 Å². The highest BCUT2D eigenvalue weighted by atomic mass is 127. The van der Waals surface area contributed by atoms with Crippen LogP contribution in [0.15, 0.2) is 53.5 Å². The van der Waals surface area contributed by atoms with Crippen LogP contribution in [0.1, 0.15) is 17.2 Å². The number of guanidine groups is 1. The van der Waals surface area contributed by atoms with Crippen LogP contribution in [0.2, 0.25) is 0 Å². The number of rotatable bonds is 6. The first kappa shape index (κ1) is 21.2. The molecule has 6 heteroatoms. The average Bonchev–Trinajstić information content (AvgIpc) is 2.57. The van der Waals surface area contributed by atoms with Crippen molar-refractivity contribution < 1.29 is 4.74 Å². The number of likely N-dealkylation sites (N-methyl/N-ethyl adjacent to an activating group) is 1. The zero-order chi connectivity index (χ0) is 17.5. The number of ether oxygens (including phenoxy) is 1. The minimum Gasteiger partial charge on any atom is -0.497 e. The van der Waals surface area contributed by atoms with E-state index in [1.165, 1.54) is 5.56 Å². The van der Waals surface area contributed by atoms with Crippen LogP contribution in [0.4, 0.5) is 5.69 Å². The first-order chi connectivity index (χ1) is 11.5. The van der Waals surface area contributed by atoms with Crippen molar-refractivity contribution in [1.29, 1.82) is 0 Å². The van der Waals surface area contributed by atoms with Gasteiger partial charge in [-0.2, -0.15) is 0 Å². The second-order valence-corrected chi connectivity index (χ2v) is 5.97. The summed E-state index contributed by atoms with van der Waals surface area (Å²) in [6.07, 6.45) is 0. The van der Waals surface area contributed by atoms with Crippen LogP contribution in [0.25, 0.3) is 0 Å². The minimum absolute atomic E-state index is 0. The lowest BCUT2D eigenvalue weighted by molar-refractivity contribution is 0.305. The van der Waals surface area contributed by atoms with Gasteiger partial charge >= 0.3 is 0 Å². The van der Waals surface area contributed by atoms with Crippen molar-refractivity contribution >= 4 is 35.6 Å². The molecule has 1 atom stereocenters. The van der Waals surface area contributed by atoms with Crippen molar-refractivity contribution in [3.63, 3.8) is 0 Å². The molecule has 2 aromatic carbocycles. The number of anilines is 1. The largest absolute Gasteiger partial charge is 0.497 e. The Hall–Kier alpha value is -1.80. The van der Waals surface area contributed by atoms with Gasteiger partial charge in [-0.25, -0.2) is 0 Å². The maximum Gasteiger partial charge on any atom is 0.193 e. The molecular formula is C19H27IN4O.